The summed E-state index contributed by atoms with van der Waals surface area (Å²) in [5, 5.41) is 3.31. The highest BCUT2D eigenvalue weighted by atomic mass is 16.5. The van der Waals surface area contributed by atoms with Crippen molar-refractivity contribution in [2.45, 2.75) is 19.4 Å². The van der Waals surface area contributed by atoms with Gasteiger partial charge in [0.15, 0.2) is 0 Å². The third kappa shape index (κ3) is 2.15. The molecule has 1 saturated heterocycles. The average molecular weight is 179 g/mol. The Kier molecular flexibility index (Phi) is 2.40. The Morgan fingerprint density at radius 3 is 3.23 bits per heavy atom. The SMILES string of the molecule is Cc1nccc(NC2CCOC2)n1. The Morgan fingerprint density at radius 1 is 1.62 bits per heavy atom. The van der Waals surface area contributed by atoms with Crippen molar-refractivity contribution >= 4 is 5.82 Å². The number of ether oxygens (including phenoxy) is 1. The van der Waals surface area contributed by atoms with Crippen molar-refractivity contribution in [3.63, 3.8) is 0 Å². The lowest BCUT2D eigenvalue weighted by Crippen LogP contribution is -2.19. The molecule has 2 heterocycles. The van der Waals surface area contributed by atoms with Gasteiger partial charge in [-0.25, -0.2) is 9.97 Å². The fourth-order valence-electron chi connectivity index (χ4n) is 1.39. The number of nitrogens with one attached hydrogen (secondary N) is 1. The van der Waals surface area contributed by atoms with E-state index in [1.165, 1.54) is 0 Å². The summed E-state index contributed by atoms with van der Waals surface area (Å²) in [6.07, 6.45) is 2.82. The molecule has 0 radical (unpaired) electrons. The zero-order valence-electron chi connectivity index (χ0n) is 7.66. The van der Waals surface area contributed by atoms with E-state index in [0.717, 1.165) is 31.3 Å². The summed E-state index contributed by atoms with van der Waals surface area (Å²) in [6, 6.07) is 2.29. The first-order valence-electron chi connectivity index (χ1n) is 4.48. The summed E-state index contributed by atoms with van der Waals surface area (Å²) < 4.78 is 5.25. The van der Waals surface area contributed by atoms with Gasteiger partial charge in [-0.3, -0.25) is 0 Å². The maximum atomic E-state index is 5.25. The van der Waals surface area contributed by atoms with Crippen LogP contribution in [-0.4, -0.2) is 29.2 Å². The number of anilines is 1. The minimum atomic E-state index is 0.411. The van der Waals surface area contributed by atoms with Gasteiger partial charge < -0.3 is 10.1 Å². The molecule has 0 spiro atoms. The van der Waals surface area contributed by atoms with E-state index in [1.54, 1.807) is 6.20 Å². The van der Waals surface area contributed by atoms with Crippen LogP contribution in [0, 0.1) is 6.92 Å². The number of aryl methyl sites for hydroxylation is 1. The van der Waals surface area contributed by atoms with Crippen LogP contribution in [0.15, 0.2) is 12.3 Å². The van der Waals surface area contributed by atoms with Crippen molar-refractivity contribution in [1.29, 1.82) is 0 Å². The molecular formula is C9H13N3O. The van der Waals surface area contributed by atoms with Gasteiger partial charge in [0.25, 0.3) is 0 Å². The van der Waals surface area contributed by atoms with Gasteiger partial charge in [0.2, 0.25) is 0 Å². The van der Waals surface area contributed by atoms with Crippen molar-refractivity contribution in [3.8, 4) is 0 Å². The van der Waals surface area contributed by atoms with Crippen LogP contribution < -0.4 is 5.32 Å². The Labute approximate surface area is 77.4 Å². The third-order valence-electron chi connectivity index (χ3n) is 2.06. The predicted molar refractivity (Wildman–Crippen MR) is 49.6 cm³/mol. The van der Waals surface area contributed by atoms with E-state index < -0.39 is 0 Å². The van der Waals surface area contributed by atoms with E-state index in [0.29, 0.717) is 6.04 Å². The van der Waals surface area contributed by atoms with Crippen molar-refractivity contribution in [1.82, 2.24) is 9.97 Å². The molecule has 0 amide bonds. The molecule has 1 unspecified atom stereocenters. The second-order valence-corrected chi connectivity index (χ2v) is 3.19. The normalized spacial score (nSPS) is 21.8. The number of rotatable bonds is 2. The van der Waals surface area contributed by atoms with E-state index in [1.807, 2.05) is 13.0 Å². The molecule has 13 heavy (non-hydrogen) atoms. The number of nitrogens with zero attached hydrogens (tertiary/aromatic N) is 2. The second-order valence-electron chi connectivity index (χ2n) is 3.19. The van der Waals surface area contributed by atoms with Gasteiger partial charge in [0.1, 0.15) is 11.6 Å². The first kappa shape index (κ1) is 8.44. The molecule has 1 fully saturated rings. The van der Waals surface area contributed by atoms with Crippen molar-refractivity contribution < 1.29 is 4.74 Å². The van der Waals surface area contributed by atoms with Gasteiger partial charge in [-0.05, 0) is 19.4 Å². The highest BCUT2D eigenvalue weighted by Crippen LogP contribution is 2.10. The first-order chi connectivity index (χ1) is 6.34. The smallest absolute Gasteiger partial charge is 0.129 e. The number of aromatic nitrogens is 2. The maximum absolute atomic E-state index is 5.25. The maximum Gasteiger partial charge on any atom is 0.129 e. The molecule has 1 aliphatic heterocycles. The Morgan fingerprint density at radius 2 is 2.54 bits per heavy atom. The highest BCUT2D eigenvalue weighted by molar-refractivity contribution is 5.34. The van der Waals surface area contributed by atoms with Crippen LogP contribution in [0.2, 0.25) is 0 Å². The molecule has 1 aliphatic rings. The molecule has 1 N–H and O–H groups in total. The summed E-state index contributed by atoms with van der Waals surface area (Å²) in [7, 11) is 0. The van der Waals surface area contributed by atoms with Gasteiger partial charge in [0.05, 0.1) is 12.6 Å². The lowest BCUT2D eigenvalue weighted by molar-refractivity contribution is 0.195. The highest BCUT2D eigenvalue weighted by Gasteiger charge is 2.15. The summed E-state index contributed by atoms with van der Waals surface area (Å²) >= 11 is 0. The molecule has 4 heteroatoms. The molecule has 70 valence electrons. The van der Waals surface area contributed by atoms with Crippen LogP contribution in [0.3, 0.4) is 0 Å². The fraction of sp³-hybridized carbons (Fsp3) is 0.556. The Hall–Kier alpha value is -1.16. The quantitative estimate of drug-likeness (QED) is 0.735. The van der Waals surface area contributed by atoms with Crippen molar-refractivity contribution in [2.75, 3.05) is 18.5 Å². The van der Waals surface area contributed by atoms with Crippen LogP contribution in [-0.2, 0) is 4.74 Å². The molecule has 0 saturated carbocycles. The molecule has 1 aromatic heterocycles. The van der Waals surface area contributed by atoms with E-state index in [2.05, 4.69) is 15.3 Å². The molecule has 0 aliphatic carbocycles. The van der Waals surface area contributed by atoms with Crippen LogP contribution in [0.5, 0.6) is 0 Å². The zero-order valence-corrected chi connectivity index (χ0v) is 7.66. The Balaban J connectivity index is 2.00. The van der Waals surface area contributed by atoms with Crippen molar-refractivity contribution in [3.05, 3.63) is 18.1 Å². The monoisotopic (exact) mass is 179 g/mol. The summed E-state index contributed by atoms with van der Waals surface area (Å²) in [5.74, 6) is 1.69. The third-order valence-corrected chi connectivity index (χ3v) is 2.06. The summed E-state index contributed by atoms with van der Waals surface area (Å²) in [5.41, 5.74) is 0. The summed E-state index contributed by atoms with van der Waals surface area (Å²) in [4.78, 5) is 8.29. The lowest BCUT2D eigenvalue weighted by atomic mass is 10.2. The number of hydrogen-bond donors (Lipinski definition) is 1. The van der Waals surface area contributed by atoms with Gasteiger partial charge in [-0.15, -0.1) is 0 Å². The van der Waals surface area contributed by atoms with E-state index >= 15 is 0 Å². The average Bonchev–Trinajstić information content (AvgIpc) is 2.57. The molecule has 0 bridgehead atoms. The van der Waals surface area contributed by atoms with Crippen LogP contribution in [0.25, 0.3) is 0 Å². The van der Waals surface area contributed by atoms with Gasteiger partial charge >= 0.3 is 0 Å². The predicted octanol–water partition coefficient (Wildman–Crippen LogP) is 0.986. The van der Waals surface area contributed by atoms with E-state index in [-0.39, 0.29) is 0 Å². The standard InChI is InChI=1S/C9H13N3O/c1-7-10-4-2-9(11-7)12-8-3-5-13-6-8/h2,4,8H,3,5-6H2,1H3,(H,10,11,12). The summed E-state index contributed by atoms with van der Waals surface area (Å²) in [6.45, 7) is 3.51. The minimum Gasteiger partial charge on any atom is -0.379 e. The Bertz CT molecular complexity index is 284. The molecular weight excluding hydrogens is 166 g/mol. The zero-order chi connectivity index (χ0) is 9.10. The van der Waals surface area contributed by atoms with Crippen LogP contribution in [0.4, 0.5) is 5.82 Å². The fourth-order valence-corrected chi connectivity index (χ4v) is 1.39. The molecule has 1 atom stereocenters. The topological polar surface area (TPSA) is 47.0 Å². The van der Waals surface area contributed by atoms with E-state index in [9.17, 15) is 0 Å². The van der Waals surface area contributed by atoms with Gasteiger partial charge in [-0.2, -0.15) is 0 Å². The lowest BCUT2D eigenvalue weighted by Gasteiger charge is -2.10. The van der Waals surface area contributed by atoms with Crippen LogP contribution in [0.1, 0.15) is 12.2 Å². The first-order valence-corrected chi connectivity index (χ1v) is 4.48. The largest absolute Gasteiger partial charge is 0.379 e. The molecule has 2 rings (SSSR count). The molecule has 4 nitrogen and oxygen atoms in total. The van der Waals surface area contributed by atoms with Gasteiger partial charge in [0, 0.05) is 12.8 Å². The number of hydrogen-bond acceptors (Lipinski definition) is 4. The molecule has 0 aromatic carbocycles. The molecule has 1 aromatic rings. The van der Waals surface area contributed by atoms with Crippen molar-refractivity contribution in [2.24, 2.45) is 0 Å². The van der Waals surface area contributed by atoms with Gasteiger partial charge in [-0.1, -0.05) is 0 Å². The van der Waals surface area contributed by atoms with Crippen LogP contribution >= 0.6 is 0 Å². The second kappa shape index (κ2) is 3.70. The van der Waals surface area contributed by atoms with E-state index in [4.69, 9.17) is 4.74 Å². The minimum absolute atomic E-state index is 0.411.